The van der Waals surface area contributed by atoms with Crippen LogP contribution in [-0.4, -0.2) is 17.1 Å². The third-order valence-electron chi connectivity index (χ3n) is 2.05. The van der Waals surface area contributed by atoms with Gasteiger partial charge in [0.25, 0.3) is 0 Å². The molecule has 0 atom stereocenters. The van der Waals surface area contributed by atoms with Gasteiger partial charge in [-0.25, -0.2) is 4.79 Å². The van der Waals surface area contributed by atoms with E-state index in [1.807, 2.05) is 0 Å². The number of carbonyl (C=O) groups is 1. The minimum atomic E-state index is -4.88. The van der Waals surface area contributed by atoms with Crippen LogP contribution in [0.15, 0.2) is 15.4 Å². The van der Waals surface area contributed by atoms with Crippen molar-refractivity contribution < 1.29 is 22.7 Å². The van der Waals surface area contributed by atoms with Gasteiger partial charge in [0.2, 0.25) is 0 Å². The van der Waals surface area contributed by atoms with Crippen LogP contribution in [0, 0.1) is 0 Å². The highest BCUT2D eigenvalue weighted by Gasteiger charge is 2.41. The Morgan fingerprint density at radius 2 is 2.05 bits per heavy atom. The molecule has 20 heavy (non-hydrogen) atoms. The maximum absolute atomic E-state index is 13.0. The van der Waals surface area contributed by atoms with Gasteiger partial charge in [0.1, 0.15) is 9.37 Å². The number of hydrogen-bond acceptors (Lipinski definition) is 4. The number of thiazole rings is 1. The maximum Gasteiger partial charge on any atom is 0.433 e. The van der Waals surface area contributed by atoms with E-state index in [0.29, 0.717) is 4.57 Å². The molecule has 0 bridgehead atoms. The van der Waals surface area contributed by atoms with Crippen LogP contribution in [0.5, 0.6) is 0 Å². The number of halogens is 5. The summed E-state index contributed by atoms with van der Waals surface area (Å²) in [5, 5.41) is 0. The Morgan fingerprint density at radius 3 is 2.50 bits per heavy atom. The number of rotatable bonds is 4. The number of esters is 1. The number of aromatic nitrogens is 1. The molecule has 0 radical (unpaired) electrons. The molecule has 0 spiro atoms. The molecule has 112 valence electrons. The summed E-state index contributed by atoms with van der Waals surface area (Å²) in [5.41, 5.74) is -1.36. The molecule has 0 amide bonds. The second-order valence-electron chi connectivity index (χ2n) is 3.37. The van der Waals surface area contributed by atoms with Crippen molar-refractivity contribution in [1.82, 2.24) is 4.57 Å². The SMILES string of the molecule is CCOC(=O)c1sc(=O)n(CC=C(Cl)Cl)c1C(F)(F)F. The van der Waals surface area contributed by atoms with Gasteiger partial charge in [-0.1, -0.05) is 34.5 Å². The van der Waals surface area contributed by atoms with Crippen molar-refractivity contribution in [2.24, 2.45) is 0 Å². The number of carbonyl (C=O) groups excluding carboxylic acids is 1. The van der Waals surface area contributed by atoms with Crippen molar-refractivity contribution in [1.29, 1.82) is 0 Å². The standard InChI is InChI=1S/C10H8Cl2F3NO3S/c1-2-19-8(17)6-7(10(13,14)15)16(9(18)20-6)4-3-5(11)12/h3H,2,4H2,1H3. The van der Waals surface area contributed by atoms with Gasteiger partial charge in [0, 0.05) is 6.54 Å². The zero-order valence-corrected chi connectivity index (χ0v) is 12.3. The lowest BCUT2D eigenvalue weighted by atomic mass is 10.3. The zero-order chi connectivity index (χ0) is 15.5. The molecule has 1 heterocycles. The Labute approximate surface area is 125 Å². The molecule has 1 rings (SSSR count). The van der Waals surface area contributed by atoms with Gasteiger partial charge in [-0.2, -0.15) is 13.2 Å². The fourth-order valence-corrected chi connectivity index (χ4v) is 2.40. The summed E-state index contributed by atoms with van der Waals surface area (Å²) < 4.78 is 43.6. The molecule has 10 heteroatoms. The van der Waals surface area contributed by atoms with Crippen LogP contribution >= 0.6 is 34.5 Å². The van der Waals surface area contributed by atoms with Gasteiger partial charge >= 0.3 is 17.0 Å². The Balaban J connectivity index is 3.41. The zero-order valence-electron chi connectivity index (χ0n) is 9.96. The van der Waals surface area contributed by atoms with Crippen LogP contribution in [0.25, 0.3) is 0 Å². The Hall–Kier alpha value is -0.990. The van der Waals surface area contributed by atoms with E-state index in [2.05, 4.69) is 4.74 Å². The first-order valence-corrected chi connectivity index (χ1v) is 6.74. The number of nitrogens with zero attached hydrogens (tertiary/aromatic N) is 1. The van der Waals surface area contributed by atoms with Gasteiger partial charge in [-0.15, -0.1) is 0 Å². The largest absolute Gasteiger partial charge is 0.462 e. The van der Waals surface area contributed by atoms with E-state index >= 15 is 0 Å². The number of alkyl halides is 3. The second kappa shape index (κ2) is 6.64. The van der Waals surface area contributed by atoms with E-state index in [-0.39, 0.29) is 22.4 Å². The molecule has 0 fully saturated rings. The minimum Gasteiger partial charge on any atom is -0.462 e. The molecule has 0 aliphatic rings. The summed E-state index contributed by atoms with van der Waals surface area (Å²) in [5.74, 6) is -1.19. The molecular formula is C10H8Cl2F3NO3S. The molecule has 0 unspecified atom stereocenters. The van der Waals surface area contributed by atoms with E-state index in [0.717, 1.165) is 6.08 Å². The first-order chi connectivity index (χ1) is 9.18. The van der Waals surface area contributed by atoms with Crippen LogP contribution in [-0.2, 0) is 17.5 Å². The van der Waals surface area contributed by atoms with Gasteiger partial charge in [-0.3, -0.25) is 9.36 Å². The maximum atomic E-state index is 13.0. The Bertz CT molecular complexity index is 588. The lowest BCUT2D eigenvalue weighted by Crippen LogP contribution is -2.22. The van der Waals surface area contributed by atoms with E-state index in [4.69, 9.17) is 23.2 Å². The fraction of sp³-hybridized carbons (Fsp3) is 0.400. The first kappa shape index (κ1) is 17.1. The van der Waals surface area contributed by atoms with Crippen molar-refractivity contribution in [2.45, 2.75) is 19.6 Å². The molecule has 0 aliphatic carbocycles. The summed E-state index contributed by atoms with van der Waals surface area (Å²) in [6.45, 7) is 0.850. The molecule has 0 saturated heterocycles. The number of hydrogen-bond donors (Lipinski definition) is 0. The van der Waals surface area contributed by atoms with E-state index in [9.17, 15) is 22.8 Å². The van der Waals surface area contributed by atoms with Crippen molar-refractivity contribution >= 4 is 40.5 Å². The molecular weight excluding hydrogens is 342 g/mol. The average molecular weight is 350 g/mol. The molecule has 1 aromatic rings. The van der Waals surface area contributed by atoms with E-state index in [1.165, 1.54) is 6.92 Å². The summed E-state index contributed by atoms with van der Waals surface area (Å²) >= 11 is 10.8. The lowest BCUT2D eigenvalue weighted by Gasteiger charge is -2.11. The summed E-state index contributed by atoms with van der Waals surface area (Å²) in [4.78, 5) is 21.3. The third kappa shape index (κ3) is 4.00. The van der Waals surface area contributed by atoms with Gasteiger partial charge < -0.3 is 4.74 Å². The molecule has 0 aliphatic heterocycles. The Morgan fingerprint density at radius 1 is 1.45 bits per heavy atom. The van der Waals surface area contributed by atoms with Crippen LogP contribution in [0.1, 0.15) is 22.3 Å². The average Bonchev–Trinajstić information content (AvgIpc) is 2.63. The van der Waals surface area contributed by atoms with Gasteiger partial charge in [0.05, 0.1) is 6.61 Å². The fourth-order valence-electron chi connectivity index (χ4n) is 1.35. The highest BCUT2D eigenvalue weighted by Crippen LogP contribution is 2.33. The predicted octanol–water partition coefficient (Wildman–Crippen LogP) is 3.42. The summed E-state index contributed by atoms with van der Waals surface area (Å²) in [7, 11) is 0. The molecule has 4 nitrogen and oxygen atoms in total. The predicted molar refractivity (Wildman–Crippen MR) is 69.3 cm³/mol. The van der Waals surface area contributed by atoms with Gasteiger partial charge in [-0.05, 0) is 13.0 Å². The van der Waals surface area contributed by atoms with Crippen molar-refractivity contribution in [2.75, 3.05) is 6.61 Å². The van der Waals surface area contributed by atoms with Crippen molar-refractivity contribution in [3.05, 3.63) is 30.8 Å². The van der Waals surface area contributed by atoms with Crippen LogP contribution in [0.4, 0.5) is 13.2 Å². The smallest absolute Gasteiger partial charge is 0.433 e. The highest BCUT2D eigenvalue weighted by molar-refractivity contribution is 7.11. The highest BCUT2D eigenvalue weighted by atomic mass is 35.5. The number of ether oxygens (including phenoxy) is 1. The first-order valence-electron chi connectivity index (χ1n) is 5.17. The molecule has 0 saturated carbocycles. The van der Waals surface area contributed by atoms with Crippen LogP contribution in [0.2, 0.25) is 0 Å². The topological polar surface area (TPSA) is 48.3 Å². The summed E-state index contributed by atoms with van der Waals surface area (Å²) in [6.07, 6.45) is -3.87. The third-order valence-corrected chi connectivity index (χ3v) is 3.32. The molecule has 0 N–H and O–H groups in total. The quantitative estimate of drug-likeness (QED) is 0.782. The second-order valence-corrected chi connectivity index (χ2v) is 5.34. The van der Waals surface area contributed by atoms with Crippen molar-refractivity contribution in [3.8, 4) is 0 Å². The lowest BCUT2D eigenvalue weighted by molar-refractivity contribution is -0.144. The summed E-state index contributed by atoms with van der Waals surface area (Å²) in [6, 6.07) is 0. The van der Waals surface area contributed by atoms with Crippen molar-refractivity contribution in [3.63, 3.8) is 0 Å². The van der Waals surface area contributed by atoms with Crippen LogP contribution < -0.4 is 4.87 Å². The Kier molecular flexibility index (Phi) is 5.67. The van der Waals surface area contributed by atoms with E-state index in [1.54, 1.807) is 0 Å². The molecule has 1 aromatic heterocycles. The normalized spacial score (nSPS) is 11.3. The number of allylic oxidation sites excluding steroid dienone is 1. The van der Waals surface area contributed by atoms with E-state index < -0.39 is 34.1 Å². The monoisotopic (exact) mass is 349 g/mol. The molecule has 0 aromatic carbocycles. The minimum absolute atomic E-state index is 0.102. The van der Waals surface area contributed by atoms with Crippen LogP contribution in [0.3, 0.4) is 0 Å². The van der Waals surface area contributed by atoms with Gasteiger partial charge in [0.15, 0.2) is 5.69 Å².